The summed E-state index contributed by atoms with van der Waals surface area (Å²) in [6.45, 7) is 3.37. The number of aromatic nitrogens is 2. The Balaban J connectivity index is 1.35. The van der Waals surface area contributed by atoms with Crippen LogP contribution in [0.15, 0.2) is 42.7 Å². The number of alkyl carbamates (subject to hydrolysis) is 1. The molecular formula is C25H35N5O6. The van der Waals surface area contributed by atoms with Crippen molar-refractivity contribution in [2.45, 2.75) is 32.0 Å². The summed E-state index contributed by atoms with van der Waals surface area (Å²) in [5.41, 5.74) is 1.30. The average molecular weight is 502 g/mol. The van der Waals surface area contributed by atoms with E-state index in [4.69, 9.17) is 9.47 Å². The summed E-state index contributed by atoms with van der Waals surface area (Å²) >= 11 is 0. The Morgan fingerprint density at radius 1 is 1.22 bits per heavy atom. The van der Waals surface area contributed by atoms with Crippen LogP contribution in [0.25, 0.3) is 0 Å². The van der Waals surface area contributed by atoms with E-state index in [1.54, 1.807) is 22.8 Å². The van der Waals surface area contributed by atoms with E-state index in [9.17, 15) is 14.4 Å². The molecule has 2 heterocycles. The number of methoxy groups -OCH3 is 1. The molecule has 0 radical (unpaired) electrons. The molecule has 0 bridgehead atoms. The molecule has 11 nitrogen and oxygen atoms in total. The van der Waals surface area contributed by atoms with Gasteiger partial charge in [-0.25, -0.2) is 9.59 Å². The molecule has 1 aromatic heterocycles. The topological polar surface area (TPSA) is 124 Å². The maximum Gasteiger partial charge on any atom is 0.407 e. The molecule has 0 saturated carbocycles. The first kappa shape index (κ1) is 27.2. The predicted octanol–water partition coefficient (Wildman–Crippen LogP) is 1.44. The van der Waals surface area contributed by atoms with E-state index in [1.807, 2.05) is 30.3 Å². The first-order valence-electron chi connectivity index (χ1n) is 12.1. The third-order valence-corrected chi connectivity index (χ3v) is 5.99. The van der Waals surface area contributed by atoms with Gasteiger partial charge in [0.15, 0.2) is 0 Å². The van der Waals surface area contributed by atoms with E-state index in [0.29, 0.717) is 51.3 Å². The number of rotatable bonds is 12. The zero-order valence-electron chi connectivity index (χ0n) is 20.9. The van der Waals surface area contributed by atoms with E-state index >= 15 is 0 Å². The van der Waals surface area contributed by atoms with Crippen LogP contribution in [0.1, 0.15) is 28.8 Å². The molecule has 1 fully saturated rings. The maximum absolute atomic E-state index is 13.1. The molecule has 2 aromatic rings. The SMILES string of the molecule is COC(=O)c1cnn(CCOCCCN(C)C(=O)[C@H]2CNCC[C@@H]2NC(=O)OCc2ccccc2)c1. The van der Waals surface area contributed by atoms with Gasteiger partial charge in [-0.05, 0) is 24.9 Å². The lowest BCUT2D eigenvalue weighted by molar-refractivity contribution is -0.135. The summed E-state index contributed by atoms with van der Waals surface area (Å²) in [6, 6.07) is 9.18. The third kappa shape index (κ3) is 8.35. The highest BCUT2D eigenvalue weighted by atomic mass is 16.5. The van der Waals surface area contributed by atoms with Gasteiger partial charge in [-0.15, -0.1) is 0 Å². The lowest BCUT2D eigenvalue weighted by Crippen LogP contribution is -2.55. The van der Waals surface area contributed by atoms with E-state index in [2.05, 4.69) is 20.5 Å². The van der Waals surface area contributed by atoms with Gasteiger partial charge < -0.3 is 29.7 Å². The molecule has 1 aromatic carbocycles. The smallest absolute Gasteiger partial charge is 0.407 e. The molecule has 3 rings (SSSR count). The third-order valence-electron chi connectivity index (χ3n) is 5.99. The zero-order chi connectivity index (χ0) is 25.8. The van der Waals surface area contributed by atoms with Gasteiger partial charge in [-0.3, -0.25) is 9.48 Å². The molecular weight excluding hydrogens is 466 g/mol. The van der Waals surface area contributed by atoms with Crippen molar-refractivity contribution >= 4 is 18.0 Å². The van der Waals surface area contributed by atoms with E-state index in [0.717, 1.165) is 12.1 Å². The van der Waals surface area contributed by atoms with Crippen LogP contribution in [-0.2, 0) is 32.2 Å². The Labute approximate surface area is 211 Å². The molecule has 1 aliphatic rings. The lowest BCUT2D eigenvalue weighted by atomic mass is 9.92. The number of carbonyl (C=O) groups excluding carboxylic acids is 3. The number of nitrogens with zero attached hydrogens (tertiary/aromatic N) is 3. The van der Waals surface area contributed by atoms with Crippen LogP contribution in [0, 0.1) is 5.92 Å². The lowest BCUT2D eigenvalue weighted by Gasteiger charge is -2.34. The molecule has 0 aliphatic carbocycles. The van der Waals surface area contributed by atoms with Crippen molar-refractivity contribution in [2.75, 3.05) is 47.0 Å². The Morgan fingerprint density at radius 2 is 2.03 bits per heavy atom. The molecule has 2 atom stereocenters. The van der Waals surface area contributed by atoms with Crippen LogP contribution in [0.4, 0.5) is 4.79 Å². The van der Waals surface area contributed by atoms with E-state index < -0.39 is 12.1 Å². The standard InChI is InChI=1S/C25H35N5O6/c1-29(11-6-13-35-14-12-30-17-20(15-27-30)24(32)34-2)23(31)21-16-26-10-9-22(21)28-25(33)36-18-19-7-4-3-5-8-19/h3-5,7-8,15,17,21-22,26H,6,9-14,16,18H2,1-2H3,(H,28,33)/t21-,22-/m0/s1. The molecule has 36 heavy (non-hydrogen) atoms. The highest BCUT2D eigenvalue weighted by Gasteiger charge is 2.34. The molecule has 2 N–H and O–H groups in total. The Kier molecular flexibility index (Phi) is 10.7. The first-order chi connectivity index (χ1) is 17.5. The molecule has 2 amide bonds. The summed E-state index contributed by atoms with van der Waals surface area (Å²) in [5.74, 6) is -0.815. The molecule has 1 aliphatic heterocycles. The van der Waals surface area contributed by atoms with Crippen LogP contribution < -0.4 is 10.6 Å². The number of piperidine rings is 1. The quantitative estimate of drug-likeness (QED) is 0.331. The van der Waals surface area contributed by atoms with Gasteiger partial charge in [0.05, 0.1) is 37.9 Å². The maximum atomic E-state index is 13.1. The second-order valence-corrected chi connectivity index (χ2v) is 8.62. The summed E-state index contributed by atoms with van der Waals surface area (Å²) in [5, 5.41) is 10.2. The number of hydrogen-bond acceptors (Lipinski definition) is 8. The van der Waals surface area contributed by atoms with Crippen LogP contribution in [-0.4, -0.2) is 85.7 Å². The van der Waals surface area contributed by atoms with Gasteiger partial charge >= 0.3 is 12.1 Å². The minimum Gasteiger partial charge on any atom is -0.465 e. The van der Waals surface area contributed by atoms with Crippen LogP contribution >= 0.6 is 0 Å². The van der Waals surface area contributed by atoms with Crippen molar-refractivity contribution in [3.8, 4) is 0 Å². The predicted molar refractivity (Wildman–Crippen MR) is 131 cm³/mol. The first-order valence-corrected chi connectivity index (χ1v) is 12.1. The highest BCUT2D eigenvalue weighted by Crippen LogP contribution is 2.15. The fraction of sp³-hybridized carbons (Fsp3) is 0.520. The summed E-state index contributed by atoms with van der Waals surface area (Å²) in [4.78, 5) is 38.5. The highest BCUT2D eigenvalue weighted by molar-refractivity contribution is 5.88. The van der Waals surface area contributed by atoms with Gasteiger partial charge in [0.25, 0.3) is 0 Å². The van der Waals surface area contributed by atoms with Gasteiger partial charge in [0, 0.05) is 39.0 Å². The number of hydrogen-bond donors (Lipinski definition) is 2. The normalized spacial score (nSPS) is 17.3. The van der Waals surface area contributed by atoms with Crippen LogP contribution in [0.5, 0.6) is 0 Å². The molecule has 11 heteroatoms. The van der Waals surface area contributed by atoms with Gasteiger partial charge in [-0.2, -0.15) is 5.10 Å². The molecule has 0 unspecified atom stereocenters. The molecule has 1 saturated heterocycles. The largest absolute Gasteiger partial charge is 0.465 e. The average Bonchev–Trinajstić information content (AvgIpc) is 3.38. The van der Waals surface area contributed by atoms with Gasteiger partial charge in [0.2, 0.25) is 5.91 Å². The van der Waals surface area contributed by atoms with E-state index in [-0.39, 0.29) is 24.5 Å². The fourth-order valence-corrected chi connectivity index (χ4v) is 3.97. The number of carbonyl (C=O) groups is 3. The number of nitrogens with one attached hydrogen (secondary N) is 2. The minimum atomic E-state index is -0.518. The summed E-state index contributed by atoms with van der Waals surface area (Å²) < 4.78 is 17.3. The Hall–Kier alpha value is -3.44. The van der Waals surface area contributed by atoms with Crippen molar-refractivity contribution in [3.05, 3.63) is 53.9 Å². The van der Waals surface area contributed by atoms with Crippen molar-refractivity contribution in [2.24, 2.45) is 5.92 Å². The Bertz CT molecular complexity index is 982. The number of amides is 2. The monoisotopic (exact) mass is 501 g/mol. The van der Waals surface area contributed by atoms with Gasteiger partial charge in [0.1, 0.15) is 6.61 Å². The van der Waals surface area contributed by atoms with Crippen molar-refractivity contribution in [3.63, 3.8) is 0 Å². The zero-order valence-corrected chi connectivity index (χ0v) is 20.9. The Morgan fingerprint density at radius 3 is 2.81 bits per heavy atom. The number of esters is 1. The summed E-state index contributed by atoms with van der Waals surface area (Å²) in [6.07, 6.45) is 3.88. The second-order valence-electron chi connectivity index (χ2n) is 8.62. The van der Waals surface area contributed by atoms with Crippen LogP contribution in [0.2, 0.25) is 0 Å². The van der Waals surface area contributed by atoms with Crippen molar-refractivity contribution in [1.29, 1.82) is 0 Å². The van der Waals surface area contributed by atoms with Crippen LogP contribution in [0.3, 0.4) is 0 Å². The summed E-state index contributed by atoms with van der Waals surface area (Å²) in [7, 11) is 3.09. The second kappa shape index (κ2) is 14.2. The van der Waals surface area contributed by atoms with E-state index in [1.165, 1.54) is 13.3 Å². The number of ether oxygens (including phenoxy) is 3. The minimum absolute atomic E-state index is 0.0255. The molecule has 0 spiro atoms. The van der Waals surface area contributed by atoms with Crippen molar-refractivity contribution < 1.29 is 28.6 Å². The number of benzene rings is 1. The fourth-order valence-electron chi connectivity index (χ4n) is 3.97. The van der Waals surface area contributed by atoms with Crippen molar-refractivity contribution in [1.82, 2.24) is 25.3 Å². The molecule has 196 valence electrons. The van der Waals surface area contributed by atoms with Gasteiger partial charge in [-0.1, -0.05) is 30.3 Å².